The van der Waals surface area contributed by atoms with Gasteiger partial charge < -0.3 is 9.47 Å². The van der Waals surface area contributed by atoms with Crippen molar-refractivity contribution in [1.82, 2.24) is 4.98 Å². The predicted molar refractivity (Wildman–Crippen MR) is 70.9 cm³/mol. The molecule has 0 amide bonds. The van der Waals surface area contributed by atoms with Gasteiger partial charge in [-0.05, 0) is 12.1 Å². The maximum absolute atomic E-state index is 12.5. The Kier molecular flexibility index (Phi) is 4.39. The summed E-state index contributed by atoms with van der Waals surface area (Å²) in [5.74, 6) is -0.0946. The fourth-order valence-electron chi connectivity index (χ4n) is 1.91. The monoisotopic (exact) mass is 257 g/mol. The molecule has 4 heteroatoms. The second kappa shape index (κ2) is 6.22. The van der Waals surface area contributed by atoms with Gasteiger partial charge in [0.05, 0.1) is 0 Å². The second-order valence-corrected chi connectivity index (χ2v) is 3.96. The van der Waals surface area contributed by atoms with E-state index in [2.05, 4.69) is 4.98 Å². The second-order valence-electron chi connectivity index (χ2n) is 3.96. The molecule has 0 aliphatic heterocycles. The average molecular weight is 257 g/mol. The third kappa shape index (κ3) is 2.86. The van der Waals surface area contributed by atoms with E-state index in [1.165, 1.54) is 0 Å². The zero-order chi connectivity index (χ0) is 13.7. The van der Waals surface area contributed by atoms with Gasteiger partial charge in [0.25, 0.3) is 0 Å². The number of carbonyl (C=O) groups excluding carboxylic acids is 1. The molecule has 2 aromatic rings. The number of rotatable bonds is 5. The number of benzene rings is 1. The number of hydrogen-bond acceptors (Lipinski definition) is 4. The van der Waals surface area contributed by atoms with Gasteiger partial charge in [0.2, 0.25) is 0 Å². The topological polar surface area (TPSA) is 48.4 Å². The third-order valence-electron chi connectivity index (χ3n) is 2.81. The Morgan fingerprint density at radius 3 is 2.47 bits per heavy atom. The van der Waals surface area contributed by atoms with Gasteiger partial charge in [0, 0.05) is 43.3 Å². The van der Waals surface area contributed by atoms with Crippen molar-refractivity contribution in [3.05, 3.63) is 65.5 Å². The first kappa shape index (κ1) is 13.4. The van der Waals surface area contributed by atoms with E-state index in [1.807, 2.05) is 18.2 Å². The molecule has 0 saturated heterocycles. The van der Waals surface area contributed by atoms with Crippen LogP contribution in [0.15, 0.2) is 48.8 Å². The predicted octanol–water partition coefficient (Wildman–Crippen LogP) is 2.60. The molecule has 0 fully saturated rings. The fourth-order valence-corrected chi connectivity index (χ4v) is 1.91. The smallest absolute Gasteiger partial charge is 0.195 e. The Labute approximate surface area is 112 Å². The Hall–Kier alpha value is -2.04. The van der Waals surface area contributed by atoms with Crippen LogP contribution < -0.4 is 0 Å². The molecule has 0 radical (unpaired) electrons. The van der Waals surface area contributed by atoms with Gasteiger partial charge in [-0.3, -0.25) is 9.78 Å². The summed E-state index contributed by atoms with van der Waals surface area (Å²) in [6.07, 6.45) is 2.63. The van der Waals surface area contributed by atoms with Crippen LogP contribution in [0.4, 0.5) is 0 Å². The number of hydrogen-bond donors (Lipinski definition) is 0. The molecular weight excluding hydrogens is 242 g/mol. The highest BCUT2D eigenvalue weighted by molar-refractivity contribution is 6.09. The first-order valence-corrected chi connectivity index (χ1v) is 5.87. The van der Waals surface area contributed by atoms with Crippen molar-refractivity contribution in [2.45, 2.75) is 6.29 Å². The standard InChI is InChI=1S/C15H15NO3/c1-18-15(19-2)13-8-4-3-7-12(13)14(17)11-6-5-9-16-10-11/h3-10,15H,1-2H3. The van der Waals surface area contributed by atoms with Crippen molar-refractivity contribution in [1.29, 1.82) is 0 Å². The van der Waals surface area contributed by atoms with Crippen LogP contribution in [0.2, 0.25) is 0 Å². The van der Waals surface area contributed by atoms with Gasteiger partial charge in [-0.25, -0.2) is 0 Å². The number of aromatic nitrogens is 1. The molecule has 4 nitrogen and oxygen atoms in total. The lowest BCUT2D eigenvalue weighted by atomic mass is 9.99. The molecule has 98 valence electrons. The maximum Gasteiger partial charge on any atom is 0.195 e. The van der Waals surface area contributed by atoms with E-state index in [9.17, 15) is 4.79 Å². The summed E-state index contributed by atoms with van der Waals surface area (Å²) < 4.78 is 10.4. The maximum atomic E-state index is 12.5. The highest BCUT2D eigenvalue weighted by atomic mass is 16.7. The van der Waals surface area contributed by atoms with Crippen LogP contribution in [-0.4, -0.2) is 25.0 Å². The molecular formula is C15H15NO3. The number of ether oxygens (including phenoxy) is 2. The molecule has 0 atom stereocenters. The SMILES string of the molecule is COC(OC)c1ccccc1C(=O)c1cccnc1. The van der Waals surface area contributed by atoms with E-state index in [1.54, 1.807) is 44.8 Å². The normalized spacial score (nSPS) is 10.7. The zero-order valence-electron chi connectivity index (χ0n) is 10.9. The Balaban J connectivity index is 2.43. The fraction of sp³-hybridized carbons (Fsp3) is 0.200. The lowest BCUT2D eigenvalue weighted by Crippen LogP contribution is -2.11. The third-order valence-corrected chi connectivity index (χ3v) is 2.81. The number of ketones is 1. The van der Waals surface area contributed by atoms with Crippen LogP contribution in [0.3, 0.4) is 0 Å². The summed E-state index contributed by atoms with van der Waals surface area (Å²) in [6, 6.07) is 10.7. The summed E-state index contributed by atoms with van der Waals surface area (Å²) in [6.45, 7) is 0. The van der Waals surface area contributed by atoms with Crippen LogP contribution in [0.1, 0.15) is 27.8 Å². The van der Waals surface area contributed by atoms with Gasteiger partial charge >= 0.3 is 0 Å². The molecule has 0 N–H and O–H groups in total. The van der Waals surface area contributed by atoms with Gasteiger partial charge in [0.1, 0.15) is 0 Å². The minimum absolute atomic E-state index is 0.0946. The van der Waals surface area contributed by atoms with E-state index >= 15 is 0 Å². The average Bonchev–Trinajstić information content (AvgIpc) is 2.49. The molecule has 1 aromatic heterocycles. The molecule has 0 aliphatic rings. The van der Waals surface area contributed by atoms with E-state index in [-0.39, 0.29) is 5.78 Å². The zero-order valence-corrected chi connectivity index (χ0v) is 10.9. The van der Waals surface area contributed by atoms with E-state index in [0.717, 1.165) is 0 Å². The molecule has 1 aromatic carbocycles. The highest BCUT2D eigenvalue weighted by Gasteiger charge is 2.19. The lowest BCUT2D eigenvalue weighted by Gasteiger charge is -2.16. The molecule has 0 bridgehead atoms. The first-order chi connectivity index (χ1) is 9.27. The van der Waals surface area contributed by atoms with Crippen LogP contribution in [0, 0.1) is 0 Å². The molecule has 2 rings (SSSR count). The van der Waals surface area contributed by atoms with E-state index in [4.69, 9.17) is 9.47 Å². The summed E-state index contributed by atoms with van der Waals surface area (Å²) in [5.41, 5.74) is 1.81. The van der Waals surface area contributed by atoms with Crippen molar-refractivity contribution >= 4 is 5.78 Å². The molecule has 0 spiro atoms. The minimum atomic E-state index is -0.558. The Bertz CT molecular complexity index is 550. The largest absolute Gasteiger partial charge is 0.352 e. The molecule has 19 heavy (non-hydrogen) atoms. The van der Waals surface area contributed by atoms with Crippen molar-refractivity contribution in [2.24, 2.45) is 0 Å². The van der Waals surface area contributed by atoms with Gasteiger partial charge in [-0.2, -0.15) is 0 Å². The van der Waals surface area contributed by atoms with Crippen LogP contribution in [0.25, 0.3) is 0 Å². The molecule has 0 unspecified atom stereocenters. The quantitative estimate of drug-likeness (QED) is 0.610. The molecule has 1 heterocycles. The van der Waals surface area contributed by atoms with Crippen LogP contribution in [-0.2, 0) is 9.47 Å². The number of carbonyl (C=O) groups is 1. The van der Waals surface area contributed by atoms with Crippen molar-refractivity contribution < 1.29 is 14.3 Å². The summed E-state index contributed by atoms with van der Waals surface area (Å²) >= 11 is 0. The van der Waals surface area contributed by atoms with Crippen LogP contribution >= 0.6 is 0 Å². The minimum Gasteiger partial charge on any atom is -0.352 e. The summed E-state index contributed by atoms with van der Waals surface area (Å²) in [5, 5.41) is 0. The van der Waals surface area contributed by atoms with Gasteiger partial charge in [-0.1, -0.05) is 24.3 Å². The molecule has 0 aliphatic carbocycles. The van der Waals surface area contributed by atoms with Gasteiger partial charge in [0.15, 0.2) is 12.1 Å². The van der Waals surface area contributed by atoms with Crippen molar-refractivity contribution in [3.8, 4) is 0 Å². The van der Waals surface area contributed by atoms with Crippen molar-refractivity contribution in [3.63, 3.8) is 0 Å². The van der Waals surface area contributed by atoms with E-state index in [0.29, 0.717) is 16.7 Å². The number of methoxy groups -OCH3 is 2. The summed E-state index contributed by atoms with van der Waals surface area (Å²) in [4.78, 5) is 16.4. The Morgan fingerprint density at radius 2 is 1.84 bits per heavy atom. The molecule has 0 saturated carbocycles. The highest BCUT2D eigenvalue weighted by Crippen LogP contribution is 2.23. The number of nitrogens with zero attached hydrogens (tertiary/aromatic N) is 1. The Morgan fingerprint density at radius 1 is 1.11 bits per heavy atom. The van der Waals surface area contributed by atoms with Crippen molar-refractivity contribution in [2.75, 3.05) is 14.2 Å². The lowest BCUT2D eigenvalue weighted by molar-refractivity contribution is -0.106. The van der Waals surface area contributed by atoms with Gasteiger partial charge in [-0.15, -0.1) is 0 Å². The summed E-state index contributed by atoms with van der Waals surface area (Å²) in [7, 11) is 3.08. The number of pyridine rings is 1. The van der Waals surface area contributed by atoms with E-state index < -0.39 is 6.29 Å². The first-order valence-electron chi connectivity index (χ1n) is 5.87. The van der Waals surface area contributed by atoms with Crippen LogP contribution in [0.5, 0.6) is 0 Å².